The number of hydrogen-bond donors (Lipinski definition) is 0. The molecule has 0 aliphatic rings. The summed E-state index contributed by atoms with van der Waals surface area (Å²) in [5.74, 6) is 0. The molecule has 0 bridgehead atoms. The first-order valence-electron chi connectivity index (χ1n) is 5.14. The van der Waals surface area contributed by atoms with Crippen LogP contribution in [-0.2, 0) is 11.3 Å². The van der Waals surface area contributed by atoms with Crippen molar-refractivity contribution in [2.45, 2.75) is 6.54 Å². The van der Waals surface area contributed by atoms with Gasteiger partial charge < -0.3 is 9.64 Å². The quantitative estimate of drug-likeness (QED) is 0.446. The van der Waals surface area contributed by atoms with Crippen LogP contribution in [0.2, 0.25) is 0 Å². The third-order valence-corrected chi connectivity index (χ3v) is 2.18. The van der Waals surface area contributed by atoms with E-state index in [1.54, 1.807) is 7.11 Å². The Morgan fingerprint density at radius 2 is 2.18 bits per heavy atom. The number of nitrogens with zero attached hydrogens (tertiary/aromatic N) is 4. The summed E-state index contributed by atoms with van der Waals surface area (Å²) in [6, 6.07) is 8.90. The van der Waals surface area contributed by atoms with E-state index in [-0.39, 0.29) is 0 Å². The van der Waals surface area contributed by atoms with E-state index in [1.807, 2.05) is 30.3 Å². The topological polar surface area (TPSA) is 78.3 Å². The Kier molecular flexibility index (Phi) is 5.57. The SMILES string of the molecule is COCCN(Cc1ccccc1)C(=O)N=[N+]=[N-]. The summed E-state index contributed by atoms with van der Waals surface area (Å²) in [4.78, 5) is 15.4. The van der Waals surface area contributed by atoms with Gasteiger partial charge in [0.1, 0.15) is 0 Å². The Hall–Kier alpha value is -2.04. The summed E-state index contributed by atoms with van der Waals surface area (Å²) in [7, 11) is 1.55. The van der Waals surface area contributed by atoms with E-state index in [2.05, 4.69) is 10.0 Å². The zero-order chi connectivity index (χ0) is 12.5. The molecule has 1 aromatic rings. The van der Waals surface area contributed by atoms with Gasteiger partial charge in [-0.05, 0) is 11.1 Å². The summed E-state index contributed by atoms with van der Waals surface area (Å²) in [5, 5.41) is 3.09. The molecule has 0 unspecified atom stereocenters. The van der Waals surface area contributed by atoms with E-state index < -0.39 is 6.03 Å². The molecular weight excluding hydrogens is 220 g/mol. The van der Waals surface area contributed by atoms with E-state index in [0.29, 0.717) is 19.7 Å². The van der Waals surface area contributed by atoms with Crippen molar-refractivity contribution in [3.05, 3.63) is 46.3 Å². The minimum absolute atomic E-state index is 0.392. The van der Waals surface area contributed by atoms with E-state index in [9.17, 15) is 4.79 Å². The molecule has 17 heavy (non-hydrogen) atoms. The fraction of sp³-hybridized carbons (Fsp3) is 0.364. The van der Waals surface area contributed by atoms with E-state index in [1.165, 1.54) is 4.90 Å². The van der Waals surface area contributed by atoms with Crippen molar-refractivity contribution in [2.75, 3.05) is 20.3 Å². The number of carbonyl (C=O) groups is 1. The summed E-state index contributed by atoms with van der Waals surface area (Å²) >= 11 is 0. The molecule has 0 N–H and O–H groups in total. The first kappa shape index (κ1) is 13.0. The van der Waals surface area contributed by atoms with E-state index in [0.717, 1.165) is 5.56 Å². The maximum Gasteiger partial charge on any atom is 0.311 e. The Morgan fingerprint density at radius 1 is 1.47 bits per heavy atom. The van der Waals surface area contributed by atoms with Gasteiger partial charge in [-0.3, -0.25) is 4.79 Å². The molecule has 0 saturated heterocycles. The summed E-state index contributed by atoms with van der Waals surface area (Å²) < 4.78 is 4.91. The number of ether oxygens (including phenoxy) is 1. The van der Waals surface area contributed by atoms with Crippen molar-refractivity contribution < 1.29 is 9.53 Å². The van der Waals surface area contributed by atoms with Crippen molar-refractivity contribution in [1.29, 1.82) is 0 Å². The number of urea groups is 1. The number of amides is 2. The lowest BCUT2D eigenvalue weighted by Crippen LogP contribution is -2.30. The predicted octanol–water partition coefficient (Wildman–Crippen LogP) is 2.57. The molecule has 0 aromatic heterocycles. The second-order valence-corrected chi connectivity index (χ2v) is 3.37. The van der Waals surface area contributed by atoms with Gasteiger partial charge in [0.2, 0.25) is 0 Å². The fourth-order valence-corrected chi connectivity index (χ4v) is 1.35. The maximum absolute atomic E-state index is 11.5. The van der Waals surface area contributed by atoms with Crippen LogP contribution in [0.3, 0.4) is 0 Å². The Labute approximate surface area is 99.4 Å². The van der Waals surface area contributed by atoms with Crippen LogP contribution in [0.1, 0.15) is 5.56 Å². The minimum atomic E-state index is -0.589. The zero-order valence-electron chi connectivity index (χ0n) is 9.61. The minimum Gasteiger partial charge on any atom is -0.383 e. The van der Waals surface area contributed by atoms with Gasteiger partial charge in [0.25, 0.3) is 0 Å². The smallest absolute Gasteiger partial charge is 0.311 e. The Bertz CT molecular complexity index is 401. The number of benzene rings is 1. The van der Waals surface area contributed by atoms with E-state index >= 15 is 0 Å². The Balaban J connectivity index is 2.69. The van der Waals surface area contributed by atoms with Gasteiger partial charge in [-0.15, -0.1) is 0 Å². The first-order valence-corrected chi connectivity index (χ1v) is 5.14. The lowest BCUT2D eigenvalue weighted by atomic mass is 10.2. The number of carbonyl (C=O) groups excluding carboxylic acids is 1. The molecule has 2 amide bonds. The average Bonchev–Trinajstić information content (AvgIpc) is 2.36. The standard InChI is InChI=1S/C11H14N4O2/c1-17-8-7-15(11(16)13-14-12)9-10-5-3-2-4-6-10/h2-6H,7-9H2,1H3. The fourth-order valence-electron chi connectivity index (χ4n) is 1.35. The van der Waals surface area contributed by atoms with Crippen LogP contribution in [0.5, 0.6) is 0 Å². The predicted molar refractivity (Wildman–Crippen MR) is 63.3 cm³/mol. The number of hydrogen-bond acceptors (Lipinski definition) is 2. The second-order valence-electron chi connectivity index (χ2n) is 3.37. The highest BCUT2D eigenvalue weighted by molar-refractivity contribution is 5.74. The summed E-state index contributed by atoms with van der Waals surface area (Å²) in [6.07, 6.45) is 0. The molecule has 90 valence electrons. The normalized spacial score (nSPS) is 9.47. The maximum atomic E-state index is 11.5. The molecule has 0 atom stereocenters. The molecule has 0 spiro atoms. The lowest BCUT2D eigenvalue weighted by Gasteiger charge is -2.20. The monoisotopic (exact) mass is 234 g/mol. The van der Waals surface area contributed by atoms with Crippen LogP contribution in [0, 0.1) is 0 Å². The summed E-state index contributed by atoms with van der Waals surface area (Å²) in [6.45, 7) is 1.20. The number of methoxy groups -OCH3 is 1. The molecule has 0 heterocycles. The third-order valence-electron chi connectivity index (χ3n) is 2.18. The van der Waals surface area contributed by atoms with Crippen molar-refractivity contribution in [3.63, 3.8) is 0 Å². The molecule has 0 saturated carbocycles. The van der Waals surface area contributed by atoms with Crippen molar-refractivity contribution in [3.8, 4) is 0 Å². The molecule has 1 rings (SSSR count). The largest absolute Gasteiger partial charge is 0.383 e. The molecule has 0 aliphatic carbocycles. The molecule has 0 aliphatic heterocycles. The van der Waals surface area contributed by atoms with Crippen LogP contribution in [0.25, 0.3) is 10.4 Å². The van der Waals surface area contributed by atoms with Crippen LogP contribution >= 0.6 is 0 Å². The molecule has 0 fully saturated rings. The van der Waals surface area contributed by atoms with Crippen molar-refractivity contribution in [1.82, 2.24) is 4.90 Å². The number of rotatable bonds is 5. The second kappa shape index (κ2) is 7.27. The van der Waals surface area contributed by atoms with Gasteiger partial charge in [0, 0.05) is 30.2 Å². The van der Waals surface area contributed by atoms with Crippen LogP contribution in [-0.4, -0.2) is 31.2 Å². The van der Waals surface area contributed by atoms with Crippen LogP contribution in [0.4, 0.5) is 4.79 Å². The van der Waals surface area contributed by atoms with Crippen LogP contribution in [0.15, 0.2) is 35.4 Å². The van der Waals surface area contributed by atoms with Gasteiger partial charge in [0.15, 0.2) is 0 Å². The van der Waals surface area contributed by atoms with Gasteiger partial charge in [0.05, 0.1) is 6.61 Å². The first-order chi connectivity index (χ1) is 8.27. The number of azide groups is 1. The van der Waals surface area contributed by atoms with Gasteiger partial charge in [-0.25, -0.2) is 0 Å². The highest BCUT2D eigenvalue weighted by Gasteiger charge is 2.11. The molecule has 6 nitrogen and oxygen atoms in total. The van der Waals surface area contributed by atoms with Crippen molar-refractivity contribution >= 4 is 6.03 Å². The molecule has 1 aromatic carbocycles. The zero-order valence-corrected chi connectivity index (χ0v) is 9.61. The Morgan fingerprint density at radius 3 is 2.76 bits per heavy atom. The molecular formula is C11H14N4O2. The van der Waals surface area contributed by atoms with E-state index in [4.69, 9.17) is 10.3 Å². The van der Waals surface area contributed by atoms with Crippen molar-refractivity contribution in [2.24, 2.45) is 5.11 Å². The highest BCUT2D eigenvalue weighted by Crippen LogP contribution is 2.06. The molecule has 6 heteroatoms. The lowest BCUT2D eigenvalue weighted by molar-refractivity contribution is 0.151. The third kappa shape index (κ3) is 4.55. The molecule has 0 radical (unpaired) electrons. The van der Waals surface area contributed by atoms with Gasteiger partial charge in [-0.1, -0.05) is 30.3 Å². The van der Waals surface area contributed by atoms with Gasteiger partial charge >= 0.3 is 6.03 Å². The highest BCUT2D eigenvalue weighted by atomic mass is 16.5. The van der Waals surface area contributed by atoms with Gasteiger partial charge in [-0.2, -0.15) is 0 Å². The average molecular weight is 234 g/mol. The van der Waals surface area contributed by atoms with Crippen LogP contribution < -0.4 is 0 Å². The summed E-state index contributed by atoms with van der Waals surface area (Å²) in [5.41, 5.74) is 9.23.